The van der Waals surface area contributed by atoms with E-state index < -0.39 is 4.92 Å². The smallest absolute Gasteiger partial charge is 0.272 e. The van der Waals surface area contributed by atoms with Crippen molar-refractivity contribution in [3.8, 4) is 11.5 Å². The van der Waals surface area contributed by atoms with E-state index in [1.54, 1.807) is 0 Å². The molecule has 0 unspecified atom stereocenters. The van der Waals surface area contributed by atoms with Crippen LogP contribution in [0.4, 0.5) is 5.69 Å². The second-order valence-corrected chi connectivity index (χ2v) is 4.85. The fourth-order valence-corrected chi connectivity index (χ4v) is 2.07. The van der Waals surface area contributed by atoms with Crippen molar-refractivity contribution in [1.82, 2.24) is 4.98 Å². The maximum absolute atomic E-state index is 11.1. The molecule has 6 nitrogen and oxygen atoms in total. The number of aromatic nitrogens is 1. The Hall–Kier alpha value is -2.18. The summed E-state index contributed by atoms with van der Waals surface area (Å²) in [7, 11) is 0. The van der Waals surface area contributed by atoms with Gasteiger partial charge in [-0.3, -0.25) is 14.9 Å². The van der Waals surface area contributed by atoms with E-state index in [1.165, 1.54) is 25.3 Å². The van der Waals surface area contributed by atoms with Crippen LogP contribution in [-0.4, -0.2) is 15.7 Å². The van der Waals surface area contributed by atoms with E-state index in [2.05, 4.69) is 4.98 Å². The second kappa shape index (κ2) is 6.07. The van der Waals surface area contributed by atoms with Gasteiger partial charge in [0.25, 0.3) is 5.69 Å². The van der Waals surface area contributed by atoms with Crippen molar-refractivity contribution < 1.29 is 14.5 Å². The van der Waals surface area contributed by atoms with Crippen molar-refractivity contribution in [2.45, 2.75) is 6.92 Å². The maximum atomic E-state index is 11.1. The van der Waals surface area contributed by atoms with E-state index >= 15 is 0 Å². The molecule has 0 atom stereocenters. The summed E-state index contributed by atoms with van der Waals surface area (Å²) in [6.45, 7) is 1.40. The monoisotopic (exact) mass is 326 g/mol. The molecule has 0 saturated carbocycles. The molecule has 0 radical (unpaired) electrons. The molecule has 0 amide bonds. The molecule has 1 heterocycles. The quantitative estimate of drug-likeness (QED) is 0.475. The van der Waals surface area contributed by atoms with E-state index in [0.29, 0.717) is 11.4 Å². The number of halogens is 2. The number of hydrogen-bond acceptors (Lipinski definition) is 5. The zero-order chi connectivity index (χ0) is 15.6. The van der Waals surface area contributed by atoms with Crippen molar-refractivity contribution in [1.29, 1.82) is 0 Å². The first-order valence-corrected chi connectivity index (χ1v) is 6.42. The van der Waals surface area contributed by atoms with E-state index in [1.807, 2.05) is 0 Å². The number of Topliss-reactive ketones (excluding diaryl/α,β-unsaturated/α-hetero) is 1. The summed E-state index contributed by atoms with van der Waals surface area (Å²) in [5.41, 5.74) is 0.0608. The van der Waals surface area contributed by atoms with Gasteiger partial charge >= 0.3 is 0 Å². The Bertz CT molecular complexity index is 694. The van der Waals surface area contributed by atoms with Crippen LogP contribution in [0, 0.1) is 10.1 Å². The van der Waals surface area contributed by atoms with Crippen molar-refractivity contribution >= 4 is 34.7 Å². The zero-order valence-corrected chi connectivity index (χ0v) is 12.2. The maximum Gasteiger partial charge on any atom is 0.272 e. The zero-order valence-electron chi connectivity index (χ0n) is 10.7. The van der Waals surface area contributed by atoms with Crippen LogP contribution in [0.15, 0.2) is 30.5 Å². The van der Waals surface area contributed by atoms with Crippen LogP contribution < -0.4 is 4.74 Å². The molecule has 0 aliphatic rings. The van der Waals surface area contributed by atoms with Gasteiger partial charge in [-0.1, -0.05) is 23.2 Å². The molecule has 1 aromatic heterocycles. The lowest BCUT2D eigenvalue weighted by molar-refractivity contribution is -0.384. The number of nitrogens with zero attached hydrogens (tertiary/aromatic N) is 2. The third kappa shape index (κ3) is 3.48. The molecule has 0 bridgehead atoms. The number of pyridine rings is 1. The number of non-ortho nitro benzene ring substituents is 1. The number of nitro groups is 1. The van der Waals surface area contributed by atoms with Crippen molar-refractivity contribution in [3.05, 3.63) is 56.3 Å². The number of hydrogen-bond donors (Lipinski definition) is 0. The molecule has 0 fully saturated rings. The van der Waals surface area contributed by atoms with E-state index in [0.717, 1.165) is 12.1 Å². The van der Waals surface area contributed by atoms with Gasteiger partial charge in [0, 0.05) is 19.1 Å². The molecule has 108 valence electrons. The number of ether oxygens (including phenoxy) is 1. The van der Waals surface area contributed by atoms with Crippen LogP contribution in [0.2, 0.25) is 10.0 Å². The van der Waals surface area contributed by atoms with Crippen LogP contribution in [0.5, 0.6) is 11.5 Å². The minimum Gasteiger partial charge on any atom is -0.453 e. The van der Waals surface area contributed by atoms with Gasteiger partial charge in [-0.15, -0.1) is 0 Å². The fraction of sp³-hybridized carbons (Fsp3) is 0.0769. The standard InChI is InChI=1S/C13H8Cl2N2O4/c1-7(18)12-3-2-9(6-16-12)21-13-10(14)4-8(17(19)20)5-11(13)15/h2-6H,1H3. The highest BCUT2D eigenvalue weighted by Crippen LogP contribution is 2.39. The largest absolute Gasteiger partial charge is 0.453 e. The number of carbonyl (C=O) groups excluding carboxylic acids is 1. The summed E-state index contributed by atoms with van der Waals surface area (Å²) < 4.78 is 5.45. The highest BCUT2D eigenvalue weighted by atomic mass is 35.5. The van der Waals surface area contributed by atoms with Crippen molar-refractivity contribution in [3.63, 3.8) is 0 Å². The van der Waals surface area contributed by atoms with Crippen molar-refractivity contribution in [2.75, 3.05) is 0 Å². The van der Waals surface area contributed by atoms with Gasteiger partial charge in [-0.2, -0.15) is 0 Å². The molecule has 0 spiro atoms. The van der Waals surface area contributed by atoms with Crippen molar-refractivity contribution in [2.24, 2.45) is 0 Å². The van der Waals surface area contributed by atoms with Gasteiger partial charge in [0.2, 0.25) is 0 Å². The summed E-state index contributed by atoms with van der Waals surface area (Å²) >= 11 is 11.8. The van der Waals surface area contributed by atoms with Crippen LogP contribution in [0.3, 0.4) is 0 Å². The van der Waals surface area contributed by atoms with Gasteiger partial charge in [0.1, 0.15) is 11.4 Å². The molecule has 8 heteroatoms. The highest BCUT2D eigenvalue weighted by molar-refractivity contribution is 6.37. The lowest BCUT2D eigenvalue weighted by Crippen LogP contribution is -1.96. The molecule has 2 aromatic rings. The van der Waals surface area contributed by atoms with Crippen LogP contribution in [0.25, 0.3) is 0 Å². The normalized spacial score (nSPS) is 10.2. The molecule has 0 aliphatic carbocycles. The Morgan fingerprint density at radius 2 is 1.90 bits per heavy atom. The summed E-state index contributed by atoms with van der Waals surface area (Å²) in [4.78, 5) is 25.1. The Morgan fingerprint density at radius 3 is 2.33 bits per heavy atom. The second-order valence-electron chi connectivity index (χ2n) is 4.03. The summed E-state index contributed by atoms with van der Waals surface area (Å²) in [5, 5.41) is 10.7. The molecule has 0 N–H and O–H groups in total. The van der Waals surface area contributed by atoms with Gasteiger partial charge in [-0.25, -0.2) is 4.98 Å². The molecular weight excluding hydrogens is 319 g/mol. The van der Waals surface area contributed by atoms with E-state index in [-0.39, 0.29) is 27.3 Å². The Morgan fingerprint density at radius 1 is 1.29 bits per heavy atom. The number of benzene rings is 1. The van der Waals surface area contributed by atoms with E-state index in [4.69, 9.17) is 27.9 Å². The lowest BCUT2D eigenvalue weighted by Gasteiger charge is -2.09. The Balaban J connectivity index is 2.31. The summed E-state index contributed by atoms with van der Waals surface area (Å²) in [5.74, 6) is 0.215. The predicted molar refractivity (Wildman–Crippen MR) is 77.4 cm³/mol. The summed E-state index contributed by atoms with van der Waals surface area (Å²) in [6, 6.07) is 5.29. The van der Waals surface area contributed by atoms with E-state index in [9.17, 15) is 14.9 Å². The molecule has 21 heavy (non-hydrogen) atoms. The topological polar surface area (TPSA) is 82.3 Å². The highest BCUT2D eigenvalue weighted by Gasteiger charge is 2.16. The Labute approximate surface area is 129 Å². The number of nitro benzene ring substituents is 1. The fourth-order valence-electron chi connectivity index (χ4n) is 1.52. The minimum atomic E-state index is -0.606. The average Bonchev–Trinajstić information content (AvgIpc) is 2.43. The SMILES string of the molecule is CC(=O)c1ccc(Oc2c(Cl)cc([N+](=O)[O-])cc2Cl)cn1. The number of rotatable bonds is 4. The van der Waals surface area contributed by atoms with Gasteiger partial charge in [-0.05, 0) is 12.1 Å². The first-order chi connectivity index (χ1) is 9.88. The van der Waals surface area contributed by atoms with Crippen LogP contribution in [-0.2, 0) is 0 Å². The predicted octanol–water partition coefficient (Wildman–Crippen LogP) is 4.29. The minimum absolute atomic E-state index is 0.00449. The van der Waals surface area contributed by atoms with Crippen LogP contribution in [0.1, 0.15) is 17.4 Å². The Kier molecular flexibility index (Phi) is 4.40. The average molecular weight is 327 g/mol. The van der Waals surface area contributed by atoms with Gasteiger partial charge in [0.15, 0.2) is 11.5 Å². The van der Waals surface area contributed by atoms with Gasteiger partial charge in [0.05, 0.1) is 21.2 Å². The molecule has 2 rings (SSSR count). The third-order valence-corrected chi connectivity index (χ3v) is 3.07. The molecule has 0 saturated heterocycles. The molecular formula is C13H8Cl2N2O4. The van der Waals surface area contributed by atoms with Crippen LogP contribution >= 0.6 is 23.2 Å². The lowest BCUT2D eigenvalue weighted by atomic mass is 10.2. The number of ketones is 1. The van der Waals surface area contributed by atoms with Gasteiger partial charge < -0.3 is 4.74 Å². The first kappa shape index (κ1) is 15.2. The third-order valence-electron chi connectivity index (χ3n) is 2.51. The molecule has 1 aromatic carbocycles. The molecule has 0 aliphatic heterocycles. The summed E-state index contributed by atoms with van der Waals surface area (Å²) in [6.07, 6.45) is 1.34. The number of carbonyl (C=O) groups is 1. The first-order valence-electron chi connectivity index (χ1n) is 5.66.